The van der Waals surface area contributed by atoms with E-state index in [4.69, 9.17) is 16.3 Å². The van der Waals surface area contributed by atoms with Crippen molar-refractivity contribution < 1.29 is 13.9 Å². The van der Waals surface area contributed by atoms with Gasteiger partial charge in [-0.3, -0.25) is 4.79 Å². The van der Waals surface area contributed by atoms with Gasteiger partial charge in [0, 0.05) is 5.56 Å². The van der Waals surface area contributed by atoms with Crippen LogP contribution in [0.25, 0.3) is 0 Å². The molecule has 0 atom stereocenters. The first kappa shape index (κ1) is 12.6. The van der Waals surface area contributed by atoms with Crippen LogP contribution in [-0.2, 0) is 0 Å². The minimum absolute atomic E-state index is 0.00423. The van der Waals surface area contributed by atoms with Gasteiger partial charge in [-0.2, -0.15) is 0 Å². The summed E-state index contributed by atoms with van der Waals surface area (Å²) in [5, 5.41) is 0.239. The highest BCUT2D eigenvalue weighted by molar-refractivity contribution is 6.35. The normalized spacial score (nSPS) is 10.2. The van der Waals surface area contributed by atoms with E-state index in [1.807, 2.05) is 0 Å². The average Bonchev–Trinajstić information content (AvgIpc) is 2.38. The van der Waals surface area contributed by atoms with Gasteiger partial charge < -0.3 is 4.74 Å². The van der Waals surface area contributed by atoms with Crippen molar-refractivity contribution in [3.05, 3.63) is 64.4 Å². The smallest absolute Gasteiger partial charge is 0.197 e. The van der Waals surface area contributed by atoms with Crippen LogP contribution in [0.5, 0.6) is 5.75 Å². The Hall–Kier alpha value is -1.87. The average molecular weight is 265 g/mol. The Bertz CT molecular complexity index is 596. The minimum atomic E-state index is -0.561. The van der Waals surface area contributed by atoms with E-state index in [1.165, 1.54) is 37.4 Å². The molecule has 0 saturated carbocycles. The van der Waals surface area contributed by atoms with Gasteiger partial charge in [-0.15, -0.1) is 0 Å². The Labute approximate surface area is 109 Å². The molecule has 0 heterocycles. The van der Waals surface area contributed by atoms with Gasteiger partial charge in [0.2, 0.25) is 0 Å². The number of ketones is 1. The number of hydrogen-bond donors (Lipinski definition) is 0. The molecule has 92 valence electrons. The molecule has 2 aromatic carbocycles. The van der Waals surface area contributed by atoms with E-state index < -0.39 is 11.6 Å². The van der Waals surface area contributed by atoms with E-state index in [0.717, 1.165) is 0 Å². The Balaban J connectivity index is 2.44. The fourth-order valence-electron chi connectivity index (χ4n) is 1.60. The molecule has 0 aliphatic rings. The van der Waals surface area contributed by atoms with Crippen molar-refractivity contribution in [2.75, 3.05) is 7.11 Å². The zero-order valence-corrected chi connectivity index (χ0v) is 10.4. The van der Waals surface area contributed by atoms with Crippen LogP contribution in [0.4, 0.5) is 4.39 Å². The third kappa shape index (κ3) is 2.36. The number of carbonyl (C=O) groups is 1. The second kappa shape index (κ2) is 5.19. The predicted octanol–water partition coefficient (Wildman–Crippen LogP) is 3.72. The largest absolute Gasteiger partial charge is 0.497 e. The summed E-state index contributed by atoms with van der Waals surface area (Å²) in [6.07, 6.45) is 0. The Kier molecular flexibility index (Phi) is 3.63. The van der Waals surface area contributed by atoms with Gasteiger partial charge in [0.15, 0.2) is 5.78 Å². The molecule has 0 N–H and O–H groups in total. The number of ether oxygens (including phenoxy) is 1. The number of rotatable bonds is 3. The lowest BCUT2D eigenvalue weighted by molar-refractivity contribution is 0.103. The molecule has 0 unspecified atom stereocenters. The number of hydrogen-bond acceptors (Lipinski definition) is 2. The van der Waals surface area contributed by atoms with E-state index >= 15 is 0 Å². The molecule has 0 aromatic heterocycles. The summed E-state index contributed by atoms with van der Waals surface area (Å²) in [5.74, 6) is -0.458. The first-order chi connectivity index (χ1) is 8.63. The summed E-state index contributed by atoms with van der Waals surface area (Å²) < 4.78 is 18.5. The van der Waals surface area contributed by atoms with Crippen molar-refractivity contribution in [2.45, 2.75) is 0 Å². The van der Waals surface area contributed by atoms with Crippen LogP contribution >= 0.6 is 11.6 Å². The van der Waals surface area contributed by atoms with E-state index in [9.17, 15) is 9.18 Å². The standard InChI is InChI=1S/C14H10ClFO2/c1-18-9-6-7-10(12(15)8-9)14(17)11-4-2-3-5-13(11)16/h2-8H,1H3. The Morgan fingerprint density at radius 3 is 2.50 bits per heavy atom. The van der Waals surface area contributed by atoms with Gasteiger partial charge in [-0.05, 0) is 30.3 Å². The topological polar surface area (TPSA) is 26.3 Å². The van der Waals surface area contributed by atoms with Gasteiger partial charge in [-0.25, -0.2) is 4.39 Å². The molecular weight excluding hydrogens is 255 g/mol. The summed E-state index contributed by atoms with van der Waals surface area (Å²) in [4.78, 5) is 12.1. The van der Waals surface area contributed by atoms with Crippen molar-refractivity contribution >= 4 is 17.4 Å². The Morgan fingerprint density at radius 2 is 1.89 bits per heavy atom. The zero-order valence-electron chi connectivity index (χ0n) is 9.61. The van der Waals surface area contributed by atoms with Gasteiger partial charge in [0.1, 0.15) is 11.6 Å². The summed E-state index contributed by atoms with van der Waals surface area (Å²) in [5.41, 5.74) is 0.257. The van der Waals surface area contributed by atoms with Gasteiger partial charge in [0.25, 0.3) is 0 Å². The molecule has 0 spiro atoms. The molecule has 0 amide bonds. The third-order valence-corrected chi connectivity index (χ3v) is 2.85. The molecule has 4 heteroatoms. The molecule has 0 fully saturated rings. The lowest BCUT2D eigenvalue weighted by Crippen LogP contribution is -2.04. The van der Waals surface area contributed by atoms with Crippen LogP contribution in [-0.4, -0.2) is 12.9 Å². The monoisotopic (exact) mass is 264 g/mol. The zero-order chi connectivity index (χ0) is 13.1. The van der Waals surface area contributed by atoms with Crippen LogP contribution in [0.2, 0.25) is 5.02 Å². The first-order valence-electron chi connectivity index (χ1n) is 5.26. The SMILES string of the molecule is COc1ccc(C(=O)c2ccccc2F)c(Cl)c1. The van der Waals surface area contributed by atoms with Crippen molar-refractivity contribution in [2.24, 2.45) is 0 Å². The first-order valence-corrected chi connectivity index (χ1v) is 5.64. The number of methoxy groups -OCH3 is 1. The summed E-state index contributed by atoms with van der Waals surface area (Å²) in [6, 6.07) is 10.5. The molecule has 2 aromatic rings. The lowest BCUT2D eigenvalue weighted by atomic mass is 10.0. The van der Waals surface area contributed by atoms with E-state index in [1.54, 1.807) is 12.1 Å². The molecule has 0 radical (unpaired) electrons. The molecular formula is C14H10ClFO2. The van der Waals surface area contributed by atoms with Gasteiger partial charge in [-0.1, -0.05) is 23.7 Å². The summed E-state index contributed by atoms with van der Waals surface area (Å²) in [7, 11) is 1.50. The van der Waals surface area contributed by atoms with Crippen LogP contribution in [0, 0.1) is 5.82 Å². The predicted molar refractivity (Wildman–Crippen MR) is 67.8 cm³/mol. The van der Waals surface area contributed by atoms with Crippen LogP contribution in [0.1, 0.15) is 15.9 Å². The number of halogens is 2. The molecule has 18 heavy (non-hydrogen) atoms. The second-order valence-corrected chi connectivity index (χ2v) is 4.06. The van der Waals surface area contributed by atoms with Crippen molar-refractivity contribution in [1.29, 1.82) is 0 Å². The van der Waals surface area contributed by atoms with Crippen molar-refractivity contribution in [3.63, 3.8) is 0 Å². The molecule has 0 saturated heterocycles. The highest BCUT2D eigenvalue weighted by Crippen LogP contribution is 2.25. The van der Waals surface area contributed by atoms with Crippen LogP contribution in [0.15, 0.2) is 42.5 Å². The molecule has 2 rings (SSSR count). The van der Waals surface area contributed by atoms with E-state index in [-0.39, 0.29) is 16.1 Å². The van der Waals surface area contributed by atoms with Gasteiger partial charge >= 0.3 is 0 Å². The summed E-state index contributed by atoms with van der Waals surface area (Å²) in [6.45, 7) is 0. The van der Waals surface area contributed by atoms with E-state index in [0.29, 0.717) is 5.75 Å². The lowest BCUT2D eigenvalue weighted by Gasteiger charge is -2.06. The highest BCUT2D eigenvalue weighted by Gasteiger charge is 2.16. The summed E-state index contributed by atoms with van der Waals surface area (Å²) >= 11 is 5.98. The maximum Gasteiger partial charge on any atom is 0.197 e. The Morgan fingerprint density at radius 1 is 1.17 bits per heavy atom. The van der Waals surface area contributed by atoms with E-state index in [2.05, 4.69) is 0 Å². The molecule has 0 aliphatic heterocycles. The molecule has 2 nitrogen and oxygen atoms in total. The molecule has 0 bridgehead atoms. The quantitative estimate of drug-likeness (QED) is 0.790. The fraction of sp³-hybridized carbons (Fsp3) is 0.0714. The fourth-order valence-corrected chi connectivity index (χ4v) is 1.85. The van der Waals surface area contributed by atoms with Crippen LogP contribution in [0.3, 0.4) is 0 Å². The van der Waals surface area contributed by atoms with Crippen LogP contribution < -0.4 is 4.74 Å². The van der Waals surface area contributed by atoms with Crippen molar-refractivity contribution in [1.82, 2.24) is 0 Å². The molecule has 0 aliphatic carbocycles. The number of benzene rings is 2. The maximum atomic E-state index is 13.5. The second-order valence-electron chi connectivity index (χ2n) is 3.65. The highest BCUT2D eigenvalue weighted by atomic mass is 35.5. The third-order valence-electron chi connectivity index (χ3n) is 2.54. The minimum Gasteiger partial charge on any atom is -0.497 e. The maximum absolute atomic E-state index is 13.5. The van der Waals surface area contributed by atoms with Crippen molar-refractivity contribution in [3.8, 4) is 5.75 Å². The van der Waals surface area contributed by atoms with Gasteiger partial charge in [0.05, 0.1) is 17.7 Å². The number of carbonyl (C=O) groups excluding carboxylic acids is 1.